The minimum atomic E-state index is -0.366. The summed E-state index contributed by atoms with van der Waals surface area (Å²) in [6.45, 7) is 7.26. The van der Waals surface area contributed by atoms with Crippen molar-refractivity contribution in [1.82, 2.24) is 25.4 Å². The molecule has 0 saturated heterocycles. The first-order chi connectivity index (χ1) is 18.0. The number of halogens is 1. The van der Waals surface area contributed by atoms with E-state index >= 15 is 0 Å². The Morgan fingerprint density at radius 1 is 1.14 bits per heavy atom. The van der Waals surface area contributed by atoms with E-state index in [1.165, 1.54) is 29.5 Å². The molecule has 2 aromatic carbocycles. The zero-order valence-corrected chi connectivity index (χ0v) is 21.8. The maximum atomic E-state index is 14.0. The Hall–Kier alpha value is -3.49. The number of pyridine rings is 1. The SMILES string of the molecule is CCN(CC)Cc1ccc(/C=C/c2n[nH]c3cc(Sc4cc(F)ccc4C(=O)NC4CC4)ccc23)nc1. The molecule has 2 aromatic heterocycles. The Morgan fingerprint density at radius 2 is 1.97 bits per heavy atom. The number of nitrogens with zero attached hydrogens (tertiary/aromatic N) is 3. The monoisotopic (exact) mass is 515 g/mol. The van der Waals surface area contributed by atoms with E-state index in [0.29, 0.717) is 10.5 Å². The van der Waals surface area contributed by atoms with Gasteiger partial charge in [0.1, 0.15) is 5.82 Å². The summed E-state index contributed by atoms with van der Waals surface area (Å²) in [5, 5.41) is 11.5. The van der Waals surface area contributed by atoms with E-state index < -0.39 is 0 Å². The topological polar surface area (TPSA) is 73.9 Å². The van der Waals surface area contributed by atoms with Crippen LogP contribution in [0.2, 0.25) is 0 Å². The fourth-order valence-electron chi connectivity index (χ4n) is 4.09. The lowest BCUT2D eigenvalue weighted by Crippen LogP contribution is -2.25. The summed E-state index contributed by atoms with van der Waals surface area (Å²) in [5.74, 6) is -0.523. The van der Waals surface area contributed by atoms with Crippen molar-refractivity contribution in [3.63, 3.8) is 0 Å². The molecule has 0 aliphatic heterocycles. The van der Waals surface area contributed by atoms with Gasteiger partial charge in [-0.15, -0.1) is 0 Å². The van der Waals surface area contributed by atoms with Gasteiger partial charge in [0.25, 0.3) is 5.91 Å². The van der Waals surface area contributed by atoms with Crippen molar-refractivity contribution in [3.05, 3.63) is 83.1 Å². The summed E-state index contributed by atoms with van der Waals surface area (Å²) in [5.41, 5.74) is 4.24. The molecule has 0 atom stereocenters. The Balaban J connectivity index is 1.30. The lowest BCUT2D eigenvalue weighted by atomic mass is 10.2. The van der Waals surface area contributed by atoms with Gasteiger partial charge in [-0.2, -0.15) is 5.10 Å². The van der Waals surface area contributed by atoms with Gasteiger partial charge in [-0.05, 0) is 86.1 Å². The second kappa shape index (κ2) is 11.3. The number of carbonyl (C=O) groups excluding carboxylic acids is 1. The van der Waals surface area contributed by atoms with Crippen molar-refractivity contribution >= 4 is 40.7 Å². The molecule has 2 heterocycles. The lowest BCUT2D eigenvalue weighted by Gasteiger charge is -2.17. The van der Waals surface area contributed by atoms with Gasteiger partial charge in [0.15, 0.2) is 0 Å². The summed E-state index contributed by atoms with van der Waals surface area (Å²) < 4.78 is 14.0. The number of aromatic amines is 1. The normalized spacial score (nSPS) is 13.6. The number of carbonyl (C=O) groups is 1. The zero-order valence-electron chi connectivity index (χ0n) is 21.0. The maximum absolute atomic E-state index is 14.0. The first-order valence-corrected chi connectivity index (χ1v) is 13.5. The first kappa shape index (κ1) is 25.2. The Bertz CT molecular complexity index is 1420. The highest BCUT2D eigenvalue weighted by Crippen LogP contribution is 2.34. The van der Waals surface area contributed by atoms with E-state index in [2.05, 4.69) is 45.3 Å². The Kier molecular flexibility index (Phi) is 7.67. The fraction of sp³-hybridized carbons (Fsp3) is 0.276. The van der Waals surface area contributed by atoms with Gasteiger partial charge in [0, 0.05) is 34.0 Å². The van der Waals surface area contributed by atoms with Gasteiger partial charge in [0.05, 0.1) is 22.5 Å². The number of hydrogen-bond donors (Lipinski definition) is 2. The fourth-order valence-corrected chi connectivity index (χ4v) is 5.10. The van der Waals surface area contributed by atoms with Crippen LogP contribution in [0.1, 0.15) is 54.0 Å². The molecule has 2 N–H and O–H groups in total. The smallest absolute Gasteiger partial charge is 0.252 e. The molecule has 0 spiro atoms. The molecule has 190 valence electrons. The number of H-pyrrole nitrogens is 1. The number of amides is 1. The van der Waals surface area contributed by atoms with E-state index in [9.17, 15) is 9.18 Å². The average molecular weight is 516 g/mol. The third-order valence-electron chi connectivity index (χ3n) is 6.45. The van der Waals surface area contributed by atoms with Gasteiger partial charge in [-0.25, -0.2) is 4.39 Å². The van der Waals surface area contributed by atoms with Crippen LogP contribution in [0.3, 0.4) is 0 Å². The van der Waals surface area contributed by atoms with Gasteiger partial charge < -0.3 is 5.32 Å². The molecule has 37 heavy (non-hydrogen) atoms. The third-order valence-corrected chi connectivity index (χ3v) is 7.50. The van der Waals surface area contributed by atoms with E-state index in [4.69, 9.17) is 0 Å². The van der Waals surface area contributed by atoms with Crippen LogP contribution in [0.15, 0.2) is 64.5 Å². The number of rotatable bonds is 10. The van der Waals surface area contributed by atoms with Crippen LogP contribution < -0.4 is 5.32 Å². The van der Waals surface area contributed by atoms with Gasteiger partial charge in [-0.3, -0.25) is 19.8 Å². The molecule has 1 saturated carbocycles. The second-order valence-electron chi connectivity index (χ2n) is 9.19. The first-order valence-electron chi connectivity index (χ1n) is 12.6. The van der Waals surface area contributed by atoms with Gasteiger partial charge >= 0.3 is 0 Å². The van der Waals surface area contributed by atoms with Crippen LogP contribution in [0.25, 0.3) is 23.1 Å². The minimum absolute atomic E-state index is 0.158. The predicted octanol–water partition coefficient (Wildman–Crippen LogP) is 6.15. The summed E-state index contributed by atoms with van der Waals surface area (Å²) in [6, 6.07) is 14.6. The molecule has 8 heteroatoms. The summed E-state index contributed by atoms with van der Waals surface area (Å²) in [7, 11) is 0. The number of hydrogen-bond acceptors (Lipinski definition) is 5. The summed E-state index contributed by atoms with van der Waals surface area (Å²) in [4.78, 5) is 21.0. The van der Waals surface area contributed by atoms with E-state index in [-0.39, 0.29) is 17.8 Å². The zero-order chi connectivity index (χ0) is 25.8. The van der Waals surface area contributed by atoms with Crippen LogP contribution >= 0.6 is 11.8 Å². The maximum Gasteiger partial charge on any atom is 0.252 e. The van der Waals surface area contributed by atoms with Crippen molar-refractivity contribution < 1.29 is 9.18 Å². The third kappa shape index (κ3) is 6.26. The van der Waals surface area contributed by atoms with E-state index in [0.717, 1.165) is 59.7 Å². The quantitative estimate of drug-likeness (QED) is 0.265. The standard InChI is InChI=1S/C29H30FN5OS/c1-3-35(4-2)18-19-5-7-21(31-17-19)10-14-26-24-13-11-23(16-27(24)34-33-26)37-28-15-20(30)6-12-25(28)29(36)32-22-8-9-22/h5-7,10-17,22H,3-4,8-9,18H2,1-2H3,(H,32,36)(H,33,34)/b14-10+. The molecule has 6 nitrogen and oxygen atoms in total. The number of fused-ring (bicyclic) bond motifs is 1. The van der Waals surface area contributed by atoms with Crippen LogP contribution in [0.4, 0.5) is 4.39 Å². The van der Waals surface area contributed by atoms with Crippen molar-refractivity contribution in [1.29, 1.82) is 0 Å². The molecular formula is C29H30FN5OS. The lowest BCUT2D eigenvalue weighted by molar-refractivity contribution is 0.0948. The Labute approximate surface area is 220 Å². The summed E-state index contributed by atoms with van der Waals surface area (Å²) in [6.07, 6.45) is 7.83. The second-order valence-corrected chi connectivity index (χ2v) is 10.3. The molecule has 1 fully saturated rings. The molecule has 5 rings (SSSR count). The number of nitrogens with one attached hydrogen (secondary N) is 2. The predicted molar refractivity (Wildman–Crippen MR) is 147 cm³/mol. The molecule has 0 unspecified atom stereocenters. The highest BCUT2D eigenvalue weighted by atomic mass is 32.2. The molecule has 0 bridgehead atoms. The largest absolute Gasteiger partial charge is 0.349 e. The highest BCUT2D eigenvalue weighted by Gasteiger charge is 2.25. The van der Waals surface area contributed by atoms with Gasteiger partial charge in [-0.1, -0.05) is 31.7 Å². The number of aromatic nitrogens is 3. The Morgan fingerprint density at radius 3 is 2.70 bits per heavy atom. The van der Waals surface area contributed by atoms with Crippen molar-refractivity contribution in [3.8, 4) is 0 Å². The van der Waals surface area contributed by atoms with Crippen LogP contribution in [0, 0.1) is 5.82 Å². The van der Waals surface area contributed by atoms with Crippen molar-refractivity contribution in [2.75, 3.05) is 13.1 Å². The number of benzene rings is 2. The molecule has 4 aromatic rings. The van der Waals surface area contributed by atoms with Gasteiger partial charge in [0.2, 0.25) is 0 Å². The van der Waals surface area contributed by atoms with Crippen LogP contribution in [0.5, 0.6) is 0 Å². The van der Waals surface area contributed by atoms with Crippen LogP contribution in [-0.2, 0) is 6.54 Å². The molecule has 1 amide bonds. The highest BCUT2D eigenvalue weighted by molar-refractivity contribution is 7.99. The summed E-state index contributed by atoms with van der Waals surface area (Å²) >= 11 is 1.37. The van der Waals surface area contributed by atoms with E-state index in [1.807, 2.05) is 42.6 Å². The van der Waals surface area contributed by atoms with Crippen molar-refractivity contribution in [2.45, 2.75) is 49.1 Å². The van der Waals surface area contributed by atoms with Crippen molar-refractivity contribution in [2.24, 2.45) is 0 Å². The average Bonchev–Trinajstić information content (AvgIpc) is 3.63. The molecular weight excluding hydrogens is 485 g/mol. The van der Waals surface area contributed by atoms with E-state index in [1.54, 1.807) is 6.07 Å². The van der Waals surface area contributed by atoms with Crippen LogP contribution in [-0.4, -0.2) is 45.1 Å². The molecule has 1 aliphatic carbocycles. The molecule has 0 radical (unpaired) electrons. The minimum Gasteiger partial charge on any atom is -0.349 e. The molecule has 1 aliphatic rings.